The Bertz CT molecular complexity index is 1130. The summed E-state index contributed by atoms with van der Waals surface area (Å²) in [6.07, 6.45) is 3.97. The van der Waals surface area contributed by atoms with Crippen LogP contribution >= 0.6 is 23.1 Å². The van der Waals surface area contributed by atoms with E-state index in [2.05, 4.69) is 20.0 Å². The van der Waals surface area contributed by atoms with Gasteiger partial charge in [0, 0.05) is 6.20 Å². The number of aryl methyl sites for hydroxylation is 2. The van der Waals surface area contributed by atoms with Gasteiger partial charge in [-0.25, -0.2) is 13.4 Å². The first-order chi connectivity index (χ1) is 14.8. The molecule has 0 aliphatic rings. The molecule has 2 N–H and O–H groups in total. The van der Waals surface area contributed by atoms with Crippen LogP contribution in [-0.2, 0) is 14.8 Å². The standard InChI is InChI=1S/C21H24N4O3S3/c1-14-7-9-16(10-8-14)31(27,28)25-18(11-13-29-3)20(26)24-21-23-15(2)19(30-21)17-6-4-5-12-22-17/h4-10,12,18,25H,11,13H2,1-3H3,(H,23,24,26). The van der Waals surface area contributed by atoms with Crippen LogP contribution in [-0.4, -0.2) is 42.3 Å². The van der Waals surface area contributed by atoms with Crippen LogP contribution in [0.15, 0.2) is 53.6 Å². The molecule has 0 fully saturated rings. The minimum absolute atomic E-state index is 0.127. The van der Waals surface area contributed by atoms with Gasteiger partial charge in [-0.05, 0) is 56.5 Å². The number of sulfonamides is 1. The fraction of sp³-hybridized carbons (Fsp3) is 0.286. The lowest BCUT2D eigenvalue weighted by atomic mass is 10.2. The number of carbonyl (C=O) groups is 1. The molecule has 1 amide bonds. The molecule has 3 aromatic rings. The Morgan fingerprint density at radius 2 is 1.90 bits per heavy atom. The van der Waals surface area contributed by atoms with Crippen molar-refractivity contribution in [2.75, 3.05) is 17.3 Å². The van der Waals surface area contributed by atoms with Crippen LogP contribution in [0.4, 0.5) is 5.13 Å². The van der Waals surface area contributed by atoms with E-state index in [1.165, 1.54) is 23.5 Å². The van der Waals surface area contributed by atoms with Gasteiger partial charge in [-0.2, -0.15) is 16.5 Å². The van der Waals surface area contributed by atoms with Crippen LogP contribution < -0.4 is 10.0 Å². The number of amides is 1. The number of pyridine rings is 1. The fourth-order valence-corrected chi connectivity index (χ4v) is 5.48. The van der Waals surface area contributed by atoms with Crippen LogP contribution in [0.3, 0.4) is 0 Å². The zero-order chi connectivity index (χ0) is 22.4. The third-order valence-electron chi connectivity index (χ3n) is 4.48. The predicted molar refractivity (Wildman–Crippen MR) is 127 cm³/mol. The third-order valence-corrected chi connectivity index (χ3v) is 7.71. The third kappa shape index (κ3) is 6.13. The van der Waals surface area contributed by atoms with Crippen molar-refractivity contribution in [2.45, 2.75) is 31.2 Å². The van der Waals surface area contributed by atoms with Crippen molar-refractivity contribution in [3.8, 4) is 10.6 Å². The molecule has 7 nitrogen and oxygen atoms in total. The van der Waals surface area contributed by atoms with Gasteiger partial charge in [0.2, 0.25) is 15.9 Å². The topological polar surface area (TPSA) is 101 Å². The van der Waals surface area contributed by atoms with Crippen molar-refractivity contribution in [1.29, 1.82) is 0 Å². The maximum Gasteiger partial charge on any atom is 0.244 e. The predicted octanol–water partition coefficient (Wildman–Crippen LogP) is 3.86. The van der Waals surface area contributed by atoms with Gasteiger partial charge in [-0.15, -0.1) is 0 Å². The molecule has 0 saturated carbocycles. The summed E-state index contributed by atoms with van der Waals surface area (Å²) < 4.78 is 28.1. The number of aromatic nitrogens is 2. The first-order valence-electron chi connectivity index (χ1n) is 9.58. The zero-order valence-electron chi connectivity index (χ0n) is 17.5. The molecule has 0 spiro atoms. The van der Waals surface area contributed by atoms with Gasteiger partial charge in [0.1, 0.15) is 6.04 Å². The average molecular weight is 477 g/mol. The van der Waals surface area contributed by atoms with Gasteiger partial charge >= 0.3 is 0 Å². The van der Waals surface area contributed by atoms with E-state index in [0.717, 1.165) is 21.8 Å². The summed E-state index contributed by atoms with van der Waals surface area (Å²) in [5.74, 6) is 0.191. The van der Waals surface area contributed by atoms with E-state index in [-0.39, 0.29) is 4.90 Å². The van der Waals surface area contributed by atoms with Gasteiger partial charge in [-0.3, -0.25) is 9.78 Å². The van der Waals surface area contributed by atoms with Crippen molar-refractivity contribution < 1.29 is 13.2 Å². The molecule has 2 heterocycles. The van der Waals surface area contributed by atoms with Crippen LogP contribution in [0.25, 0.3) is 10.6 Å². The number of benzene rings is 1. The summed E-state index contributed by atoms with van der Waals surface area (Å²) in [6.45, 7) is 3.73. The number of thiazole rings is 1. The lowest BCUT2D eigenvalue weighted by molar-refractivity contribution is -0.117. The lowest BCUT2D eigenvalue weighted by Gasteiger charge is -2.17. The van der Waals surface area contributed by atoms with Crippen molar-refractivity contribution in [2.24, 2.45) is 0 Å². The highest BCUT2D eigenvalue weighted by Gasteiger charge is 2.26. The van der Waals surface area contributed by atoms with Gasteiger partial charge in [-0.1, -0.05) is 35.1 Å². The number of hydrogen-bond donors (Lipinski definition) is 2. The molecule has 31 heavy (non-hydrogen) atoms. The first-order valence-corrected chi connectivity index (χ1v) is 13.3. The van der Waals surface area contributed by atoms with E-state index in [1.807, 2.05) is 38.3 Å². The van der Waals surface area contributed by atoms with E-state index in [1.54, 1.807) is 30.1 Å². The number of nitrogens with one attached hydrogen (secondary N) is 2. The molecular formula is C21H24N4O3S3. The second kappa shape index (κ2) is 10.4. The Balaban J connectivity index is 1.78. The lowest BCUT2D eigenvalue weighted by Crippen LogP contribution is -2.44. The maximum absolute atomic E-state index is 12.9. The van der Waals surface area contributed by atoms with Crippen LogP contribution in [0, 0.1) is 13.8 Å². The SMILES string of the molecule is CSCCC(NS(=O)(=O)c1ccc(C)cc1)C(=O)Nc1nc(C)c(-c2ccccn2)s1. The first kappa shape index (κ1) is 23.4. The van der Waals surface area contributed by atoms with Crippen LogP contribution in [0.5, 0.6) is 0 Å². The Morgan fingerprint density at radius 1 is 1.16 bits per heavy atom. The summed E-state index contributed by atoms with van der Waals surface area (Å²) in [4.78, 5) is 22.7. The van der Waals surface area contributed by atoms with Crippen LogP contribution in [0.1, 0.15) is 17.7 Å². The molecule has 0 aliphatic heterocycles. The van der Waals surface area contributed by atoms with Gasteiger partial charge in [0.25, 0.3) is 0 Å². The molecule has 3 rings (SSSR count). The van der Waals surface area contributed by atoms with Crippen LogP contribution in [0.2, 0.25) is 0 Å². The van der Waals surface area contributed by atoms with E-state index in [9.17, 15) is 13.2 Å². The molecule has 10 heteroatoms. The number of carbonyl (C=O) groups excluding carboxylic acids is 1. The maximum atomic E-state index is 12.9. The van der Waals surface area contributed by atoms with E-state index >= 15 is 0 Å². The van der Waals surface area contributed by atoms with Crippen molar-refractivity contribution in [3.05, 3.63) is 59.9 Å². The number of nitrogens with zero attached hydrogens (tertiary/aromatic N) is 2. The summed E-state index contributed by atoms with van der Waals surface area (Å²) in [5.41, 5.74) is 2.48. The normalized spacial score (nSPS) is 12.5. The highest BCUT2D eigenvalue weighted by Crippen LogP contribution is 2.31. The fourth-order valence-electron chi connectivity index (χ4n) is 2.83. The minimum atomic E-state index is -3.84. The van der Waals surface area contributed by atoms with E-state index < -0.39 is 22.0 Å². The monoisotopic (exact) mass is 476 g/mol. The molecule has 0 saturated heterocycles. The quantitative estimate of drug-likeness (QED) is 0.486. The molecule has 0 bridgehead atoms. The van der Waals surface area contributed by atoms with Crippen molar-refractivity contribution in [3.63, 3.8) is 0 Å². The molecule has 164 valence electrons. The van der Waals surface area contributed by atoms with Gasteiger partial charge < -0.3 is 5.32 Å². The van der Waals surface area contributed by atoms with Gasteiger partial charge in [0.15, 0.2) is 5.13 Å². The Morgan fingerprint density at radius 3 is 2.55 bits per heavy atom. The van der Waals surface area contributed by atoms with Crippen molar-refractivity contribution >= 4 is 44.2 Å². The molecular weight excluding hydrogens is 452 g/mol. The number of hydrogen-bond acceptors (Lipinski definition) is 7. The molecule has 1 atom stereocenters. The number of thioether (sulfide) groups is 1. The Kier molecular flexibility index (Phi) is 7.82. The second-order valence-electron chi connectivity index (χ2n) is 6.91. The smallest absolute Gasteiger partial charge is 0.244 e. The second-order valence-corrected chi connectivity index (χ2v) is 10.6. The minimum Gasteiger partial charge on any atom is -0.301 e. The molecule has 1 unspecified atom stereocenters. The summed E-state index contributed by atoms with van der Waals surface area (Å²) >= 11 is 2.86. The molecule has 1 aromatic carbocycles. The van der Waals surface area contributed by atoms with Gasteiger partial charge in [0.05, 0.1) is 21.2 Å². The molecule has 0 radical (unpaired) electrons. The molecule has 2 aromatic heterocycles. The largest absolute Gasteiger partial charge is 0.301 e. The number of rotatable bonds is 9. The average Bonchev–Trinajstić information content (AvgIpc) is 3.11. The summed E-state index contributed by atoms with van der Waals surface area (Å²) in [5, 5.41) is 3.18. The highest BCUT2D eigenvalue weighted by atomic mass is 32.2. The summed E-state index contributed by atoms with van der Waals surface area (Å²) in [6, 6.07) is 11.2. The Labute approximate surface area is 190 Å². The highest BCUT2D eigenvalue weighted by molar-refractivity contribution is 7.98. The van der Waals surface area contributed by atoms with Crippen molar-refractivity contribution in [1.82, 2.24) is 14.7 Å². The summed E-state index contributed by atoms with van der Waals surface area (Å²) in [7, 11) is -3.84. The number of anilines is 1. The van der Waals surface area contributed by atoms with E-state index in [0.29, 0.717) is 17.3 Å². The Hall–Kier alpha value is -2.27. The zero-order valence-corrected chi connectivity index (χ0v) is 19.9. The van der Waals surface area contributed by atoms with E-state index in [4.69, 9.17) is 0 Å². The molecule has 0 aliphatic carbocycles.